The number of benzene rings is 1. The molecular weight excluding hydrogens is 324 g/mol. The lowest BCUT2D eigenvalue weighted by Crippen LogP contribution is -2.39. The van der Waals surface area contributed by atoms with Crippen LogP contribution in [0.1, 0.15) is 35.7 Å². The van der Waals surface area contributed by atoms with E-state index in [0.29, 0.717) is 22.5 Å². The first-order valence-corrected chi connectivity index (χ1v) is 8.56. The average Bonchev–Trinajstić information content (AvgIpc) is 2.59. The molecule has 3 rings (SSSR count). The van der Waals surface area contributed by atoms with Gasteiger partial charge < -0.3 is 10.2 Å². The molecule has 6 heteroatoms. The molecule has 1 aromatic carbocycles. The van der Waals surface area contributed by atoms with Crippen LogP contribution in [0.15, 0.2) is 30.6 Å². The van der Waals surface area contributed by atoms with Gasteiger partial charge in [-0.1, -0.05) is 24.6 Å². The predicted molar refractivity (Wildman–Crippen MR) is 95.8 cm³/mol. The Bertz CT molecular complexity index is 732. The molecule has 1 unspecified atom stereocenters. The molecule has 1 amide bonds. The van der Waals surface area contributed by atoms with Gasteiger partial charge in [0, 0.05) is 36.2 Å². The SMILES string of the molecule is Cc1c(Cl)cccc1Nc1ncc(C(=O)N2CCCC(C)C2)cn1. The zero-order valence-electron chi connectivity index (χ0n) is 13.9. The monoisotopic (exact) mass is 344 g/mol. The van der Waals surface area contributed by atoms with Crippen LogP contribution in [0.3, 0.4) is 0 Å². The largest absolute Gasteiger partial charge is 0.338 e. The standard InChI is InChI=1S/C18H21ClN4O/c1-12-5-4-8-23(11-12)17(24)14-9-20-18(21-10-14)22-16-7-3-6-15(19)13(16)2/h3,6-7,9-10,12H,4-5,8,11H2,1-2H3,(H,20,21,22). The summed E-state index contributed by atoms with van der Waals surface area (Å²) in [6.45, 7) is 5.72. The van der Waals surface area contributed by atoms with Gasteiger partial charge in [-0.25, -0.2) is 9.97 Å². The van der Waals surface area contributed by atoms with Crippen LogP contribution in [0.4, 0.5) is 11.6 Å². The maximum absolute atomic E-state index is 12.5. The Kier molecular flexibility index (Phi) is 5.00. The van der Waals surface area contributed by atoms with Crippen LogP contribution in [0.25, 0.3) is 0 Å². The number of rotatable bonds is 3. The Morgan fingerprint density at radius 1 is 1.33 bits per heavy atom. The summed E-state index contributed by atoms with van der Waals surface area (Å²) in [5.74, 6) is 1.01. The number of anilines is 2. The fourth-order valence-electron chi connectivity index (χ4n) is 2.92. The molecule has 1 atom stereocenters. The van der Waals surface area contributed by atoms with Gasteiger partial charge in [0.05, 0.1) is 5.56 Å². The minimum absolute atomic E-state index is 0.00651. The molecule has 0 aliphatic carbocycles. The third-order valence-electron chi connectivity index (χ3n) is 4.36. The predicted octanol–water partition coefficient (Wildman–Crippen LogP) is 4.05. The fraction of sp³-hybridized carbons (Fsp3) is 0.389. The van der Waals surface area contributed by atoms with Crippen molar-refractivity contribution in [2.45, 2.75) is 26.7 Å². The summed E-state index contributed by atoms with van der Waals surface area (Å²) in [6.07, 6.45) is 5.40. The van der Waals surface area contributed by atoms with E-state index in [1.165, 1.54) is 6.42 Å². The number of hydrogen-bond acceptors (Lipinski definition) is 4. The van der Waals surface area contributed by atoms with Crippen molar-refractivity contribution in [3.8, 4) is 0 Å². The second-order valence-corrected chi connectivity index (χ2v) is 6.74. The number of aromatic nitrogens is 2. The Morgan fingerprint density at radius 2 is 2.08 bits per heavy atom. The average molecular weight is 345 g/mol. The van der Waals surface area contributed by atoms with E-state index in [1.54, 1.807) is 12.4 Å². The molecular formula is C18H21ClN4O. The van der Waals surface area contributed by atoms with Crippen LogP contribution in [-0.4, -0.2) is 33.9 Å². The summed E-state index contributed by atoms with van der Waals surface area (Å²) < 4.78 is 0. The number of carbonyl (C=O) groups is 1. The summed E-state index contributed by atoms with van der Waals surface area (Å²) in [7, 11) is 0. The van der Waals surface area contributed by atoms with E-state index in [1.807, 2.05) is 30.0 Å². The van der Waals surface area contributed by atoms with Gasteiger partial charge >= 0.3 is 0 Å². The number of hydrogen-bond donors (Lipinski definition) is 1. The van der Waals surface area contributed by atoms with E-state index in [4.69, 9.17) is 11.6 Å². The molecule has 24 heavy (non-hydrogen) atoms. The molecule has 126 valence electrons. The Hall–Kier alpha value is -2.14. The summed E-state index contributed by atoms with van der Waals surface area (Å²) in [4.78, 5) is 22.9. The van der Waals surface area contributed by atoms with E-state index in [9.17, 15) is 4.79 Å². The van der Waals surface area contributed by atoms with Gasteiger partial charge in [-0.2, -0.15) is 0 Å². The van der Waals surface area contributed by atoms with Crippen molar-refractivity contribution in [3.05, 3.63) is 46.7 Å². The van der Waals surface area contributed by atoms with Crippen molar-refractivity contribution in [2.75, 3.05) is 18.4 Å². The van der Waals surface area contributed by atoms with Crippen LogP contribution in [0.5, 0.6) is 0 Å². The Morgan fingerprint density at radius 3 is 2.79 bits per heavy atom. The third kappa shape index (κ3) is 3.67. The van der Waals surface area contributed by atoms with Crippen molar-refractivity contribution < 1.29 is 4.79 Å². The fourth-order valence-corrected chi connectivity index (χ4v) is 3.10. The van der Waals surface area contributed by atoms with Crippen molar-refractivity contribution in [3.63, 3.8) is 0 Å². The van der Waals surface area contributed by atoms with E-state index in [0.717, 1.165) is 30.8 Å². The van der Waals surface area contributed by atoms with E-state index in [-0.39, 0.29) is 5.91 Å². The third-order valence-corrected chi connectivity index (χ3v) is 4.77. The summed E-state index contributed by atoms with van der Waals surface area (Å²) in [5, 5.41) is 3.82. The van der Waals surface area contributed by atoms with Crippen molar-refractivity contribution in [1.82, 2.24) is 14.9 Å². The van der Waals surface area contributed by atoms with Gasteiger partial charge in [-0.05, 0) is 43.4 Å². The topological polar surface area (TPSA) is 58.1 Å². The highest BCUT2D eigenvalue weighted by atomic mass is 35.5. The highest BCUT2D eigenvalue weighted by molar-refractivity contribution is 6.31. The maximum atomic E-state index is 12.5. The molecule has 5 nitrogen and oxygen atoms in total. The molecule has 2 aromatic rings. The first-order valence-electron chi connectivity index (χ1n) is 8.18. The number of likely N-dealkylation sites (tertiary alicyclic amines) is 1. The van der Waals surface area contributed by atoms with Crippen LogP contribution < -0.4 is 5.32 Å². The summed E-state index contributed by atoms with van der Waals surface area (Å²) in [5.41, 5.74) is 2.31. The number of piperidine rings is 1. The normalized spacial score (nSPS) is 17.6. The Balaban J connectivity index is 1.71. The van der Waals surface area contributed by atoms with Crippen LogP contribution >= 0.6 is 11.6 Å². The number of halogens is 1. The highest BCUT2D eigenvalue weighted by Crippen LogP contribution is 2.25. The second kappa shape index (κ2) is 7.18. The molecule has 0 saturated carbocycles. The minimum atomic E-state index is 0.00651. The van der Waals surface area contributed by atoms with E-state index < -0.39 is 0 Å². The number of amides is 1. The lowest BCUT2D eigenvalue weighted by Gasteiger charge is -2.30. The van der Waals surface area contributed by atoms with Crippen LogP contribution in [0, 0.1) is 12.8 Å². The molecule has 0 bridgehead atoms. The van der Waals surface area contributed by atoms with E-state index >= 15 is 0 Å². The smallest absolute Gasteiger partial charge is 0.257 e. The van der Waals surface area contributed by atoms with Crippen molar-refractivity contribution >= 4 is 29.1 Å². The van der Waals surface area contributed by atoms with Gasteiger partial charge in [0.2, 0.25) is 5.95 Å². The molecule has 0 spiro atoms. The zero-order chi connectivity index (χ0) is 17.1. The molecule has 0 radical (unpaired) electrons. The van der Waals surface area contributed by atoms with Crippen molar-refractivity contribution in [1.29, 1.82) is 0 Å². The van der Waals surface area contributed by atoms with Gasteiger partial charge in [-0.15, -0.1) is 0 Å². The molecule has 1 aliphatic rings. The van der Waals surface area contributed by atoms with Gasteiger partial charge in [0.15, 0.2) is 0 Å². The lowest BCUT2D eigenvalue weighted by atomic mass is 10.00. The molecule has 1 saturated heterocycles. The highest BCUT2D eigenvalue weighted by Gasteiger charge is 2.22. The first-order chi connectivity index (χ1) is 11.5. The Labute approximate surface area is 147 Å². The zero-order valence-corrected chi connectivity index (χ0v) is 14.7. The lowest BCUT2D eigenvalue weighted by molar-refractivity contribution is 0.0682. The summed E-state index contributed by atoms with van der Waals surface area (Å²) in [6, 6.07) is 5.62. The van der Waals surface area contributed by atoms with Crippen LogP contribution in [0.2, 0.25) is 5.02 Å². The molecule has 1 fully saturated rings. The van der Waals surface area contributed by atoms with Crippen LogP contribution in [-0.2, 0) is 0 Å². The van der Waals surface area contributed by atoms with E-state index in [2.05, 4.69) is 22.2 Å². The van der Waals surface area contributed by atoms with Gasteiger partial charge in [0.1, 0.15) is 0 Å². The molecule has 2 heterocycles. The summed E-state index contributed by atoms with van der Waals surface area (Å²) >= 11 is 6.11. The quantitative estimate of drug-likeness (QED) is 0.912. The molecule has 1 aliphatic heterocycles. The first kappa shape index (κ1) is 16.7. The molecule has 1 aromatic heterocycles. The number of nitrogens with zero attached hydrogens (tertiary/aromatic N) is 3. The second-order valence-electron chi connectivity index (χ2n) is 6.33. The van der Waals surface area contributed by atoms with Gasteiger partial charge in [0.25, 0.3) is 5.91 Å². The number of nitrogens with one attached hydrogen (secondary N) is 1. The minimum Gasteiger partial charge on any atom is -0.338 e. The molecule has 1 N–H and O–H groups in total. The van der Waals surface area contributed by atoms with Gasteiger partial charge in [-0.3, -0.25) is 4.79 Å². The number of carbonyl (C=O) groups excluding carboxylic acids is 1. The van der Waals surface area contributed by atoms with Crippen molar-refractivity contribution in [2.24, 2.45) is 5.92 Å². The maximum Gasteiger partial charge on any atom is 0.257 e.